The van der Waals surface area contributed by atoms with E-state index in [1.165, 1.54) is 0 Å². The van der Waals surface area contributed by atoms with E-state index in [4.69, 9.17) is 10.5 Å². The topological polar surface area (TPSA) is 71.1 Å². The highest BCUT2D eigenvalue weighted by Gasteiger charge is 2.33. The van der Waals surface area contributed by atoms with Crippen molar-refractivity contribution in [1.29, 1.82) is 10.5 Å². The number of amides is 1. The zero-order chi connectivity index (χ0) is 13.8. The molecule has 5 heteroatoms. The summed E-state index contributed by atoms with van der Waals surface area (Å²) < 4.78 is 0. The van der Waals surface area contributed by atoms with E-state index >= 15 is 0 Å². The Hall–Kier alpha value is -2.53. The lowest BCUT2D eigenvalue weighted by Gasteiger charge is -2.40. The number of hydrogen-bond acceptors (Lipinski definition) is 4. The van der Waals surface area contributed by atoms with Crippen molar-refractivity contribution in [3.63, 3.8) is 0 Å². The summed E-state index contributed by atoms with van der Waals surface area (Å²) in [4.78, 5) is 15.6. The molecule has 0 saturated carbocycles. The molecule has 0 aliphatic carbocycles. The predicted octanol–water partition coefficient (Wildman–Crippen LogP) is 1.12. The van der Waals surface area contributed by atoms with Crippen LogP contribution in [0.5, 0.6) is 0 Å². The van der Waals surface area contributed by atoms with Crippen LogP contribution in [-0.2, 0) is 4.79 Å². The smallest absolute Gasteiger partial charge is 0.246 e. The summed E-state index contributed by atoms with van der Waals surface area (Å²) >= 11 is 0. The zero-order valence-electron chi connectivity index (χ0n) is 10.7. The van der Waals surface area contributed by atoms with Crippen LogP contribution < -0.4 is 4.90 Å². The van der Waals surface area contributed by atoms with Crippen molar-refractivity contribution in [1.82, 2.24) is 4.90 Å². The largest absolute Gasteiger partial charge is 0.356 e. The van der Waals surface area contributed by atoms with Crippen molar-refractivity contribution in [2.24, 2.45) is 0 Å². The molecule has 1 aromatic carbocycles. The lowest BCUT2D eigenvalue weighted by molar-refractivity contribution is -0.132. The van der Waals surface area contributed by atoms with Crippen molar-refractivity contribution in [2.75, 3.05) is 25.0 Å². The molecule has 0 spiro atoms. The Bertz CT molecular complexity index is 570. The summed E-state index contributed by atoms with van der Waals surface area (Å²) in [5.41, 5.74) is 1.26. The third-order valence-corrected chi connectivity index (χ3v) is 3.33. The second-order valence-electron chi connectivity index (χ2n) is 4.46. The van der Waals surface area contributed by atoms with E-state index in [0.717, 1.165) is 5.69 Å². The minimum atomic E-state index is -0.502. The molecular formula is C14H14N4O. The van der Waals surface area contributed by atoms with Crippen LogP contribution in [0.3, 0.4) is 0 Å². The third kappa shape index (κ3) is 2.36. The van der Waals surface area contributed by atoms with Gasteiger partial charge in [0.05, 0.1) is 23.7 Å². The number of carbonyl (C=O) groups excluding carboxylic acids is 1. The molecule has 1 unspecified atom stereocenters. The summed E-state index contributed by atoms with van der Waals surface area (Å²) in [6.45, 7) is 1.23. The van der Waals surface area contributed by atoms with Crippen LogP contribution in [0.15, 0.2) is 24.3 Å². The Kier molecular flexibility index (Phi) is 3.68. The molecule has 1 atom stereocenters. The number of rotatable bonds is 2. The molecular weight excluding hydrogens is 240 g/mol. The van der Waals surface area contributed by atoms with E-state index in [0.29, 0.717) is 18.7 Å². The molecule has 1 aromatic rings. The van der Waals surface area contributed by atoms with Gasteiger partial charge in [-0.2, -0.15) is 10.5 Å². The van der Waals surface area contributed by atoms with Gasteiger partial charge in [0, 0.05) is 20.1 Å². The number of hydrogen-bond donors (Lipinski definition) is 0. The second-order valence-corrected chi connectivity index (χ2v) is 4.46. The van der Waals surface area contributed by atoms with E-state index in [2.05, 4.69) is 12.1 Å². The molecule has 1 saturated heterocycles. The number of benzene rings is 1. The molecule has 0 bridgehead atoms. The number of nitrogens with zero attached hydrogens (tertiary/aromatic N) is 4. The van der Waals surface area contributed by atoms with Crippen LogP contribution in [0, 0.1) is 22.7 Å². The minimum Gasteiger partial charge on any atom is -0.356 e. The van der Waals surface area contributed by atoms with Gasteiger partial charge in [0.2, 0.25) is 5.91 Å². The fraction of sp³-hybridized carbons (Fsp3) is 0.357. The summed E-state index contributed by atoms with van der Waals surface area (Å²) in [7, 11) is 1.74. The van der Waals surface area contributed by atoms with Gasteiger partial charge in [-0.15, -0.1) is 0 Å². The fourth-order valence-corrected chi connectivity index (χ4v) is 2.30. The molecule has 1 aliphatic rings. The standard InChI is InChI=1S/C14H14N4O/c1-17-8-9-18(13(6-7-15)14(17)19)12-5-3-2-4-11(12)10-16/h2-5,13H,6,8-9H2,1H3. The summed E-state index contributed by atoms with van der Waals surface area (Å²) in [5.74, 6) is -0.0689. The molecule has 0 aromatic heterocycles. The molecule has 5 nitrogen and oxygen atoms in total. The Morgan fingerprint density at radius 2 is 2.05 bits per heavy atom. The Balaban J connectivity index is 2.40. The number of anilines is 1. The highest BCUT2D eigenvalue weighted by Crippen LogP contribution is 2.25. The average molecular weight is 254 g/mol. The quantitative estimate of drug-likeness (QED) is 0.792. The molecule has 1 amide bonds. The van der Waals surface area contributed by atoms with Crippen molar-refractivity contribution >= 4 is 11.6 Å². The van der Waals surface area contributed by atoms with Gasteiger partial charge in [0.1, 0.15) is 12.1 Å². The fourth-order valence-electron chi connectivity index (χ4n) is 2.30. The number of likely N-dealkylation sites (N-methyl/N-ethyl adjacent to an activating group) is 1. The van der Waals surface area contributed by atoms with Gasteiger partial charge >= 0.3 is 0 Å². The summed E-state index contributed by atoms with van der Waals surface area (Å²) in [6, 6.07) is 10.9. The van der Waals surface area contributed by atoms with Crippen LogP contribution in [0.2, 0.25) is 0 Å². The SMILES string of the molecule is CN1CCN(c2ccccc2C#N)C(CC#N)C1=O. The van der Waals surface area contributed by atoms with Gasteiger partial charge in [-0.3, -0.25) is 4.79 Å². The molecule has 19 heavy (non-hydrogen) atoms. The second kappa shape index (κ2) is 5.41. The van der Waals surface area contributed by atoms with Crippen LogP contribution in [-0.4, -0.2) is 37.0 Å². The maximum atomic E-state index is 12.1. The number of carbonyl (C=O) groups is 1. The summed E-state index contributed by atoms with van der Waals surface area (Å²) in [5, 5.41) is 18.0. The van der Waals surface area contributed by atoms with Gasteiger partial charge < -0.3 is 9.80 Å². The number of para-hydroxylation sites is 1. The lowest BCUT2D eigenvalue weighted by atomic mass is 10.0. The first-order valence-electron chi connectivity index (χ1n) is 6.06. The van der Waals surface area contributed by atoms with Crippen molar-refractivity contribution in [3.8, 4) is 12.1 Å². The van der Waals surface area contributed by atoms with Crippen LogP contribution in [0.25, 0.3) is 0 Å². The first-order valence-corrected chi connectivity index (χ1v) is 6.06. The van der Waals surface area contributed by atoms with Crippen molar-refractivity contribution < 1.29 is 4.79 Å². The maximum Gasteiger partial charge on any atom is 0.246 e. The van der Waals surface area contributed by atoms with Crippen molar-refractivity contribution in [3.05, 3.63) is 29.8 Å². The van der Waals surface area contributed by atoms with E-state index in [1.54, 1.807) is 24.1 Å². The summed E-state index contributed by atoms with van der Waals surface area (Å²) in [6.07, 6.45) is 0.128. The van der Waals surface area contributed by atoms with Gasteiger partial charge in [-0.1, -0.05) is 12.1 Å². The van der Waals surface area contributed by atoms with Gasteiger partial charge in [0.15, 0.2) is 0 Å². The Morgan fingerprint density at radius 1 is 1.32 bits per heavy atom. The van der Waals surface area contributed by atoms with Crippen molar-refractivity contribution in [2.45, 2.75) is 12.5 Å². The molecule has 1 heterocycles. The first-order chi connectivity index (χ1) is 9.19. The normalized spacial score (nSPS) is 18.9. The highest BCUT2D eigenvalue weighted by atomic mass is 16.2. The van der Waals surface area contributed by atoms with Crippen LogP contribution >= 0.6 is 0 Å². The van der Waals surface area contributed by atoms with E-state index in [9.17, 15) is 4.79 Å². The van der Waals surface area contributed by atoms with Gasteiger partial charge in [-0.25, -0.2) is 0 Å². The average Bonchev–Trinajstić information content (AvgIpc) is 2.44. The molecule has 0 N–H and O–H groups in total. The minimum absolute atomic E-state index is 0.0689. The Morgan fingerprint density at radius 3 is 2.74 bits per heavy atom. The molecule has 96 valence electrons. The van der Waals surface area contributed by atoms with E-state index in [1.807, 2.05) is 17.0 Å². The van der Waals surface area contributed by atoms with Gasteiger partial charge in [-0.05, 0) is 12.1 Å². The predicted molar refractivity (Wildman–Crippen MR) is 70.2 cm³/mol. The number of piperazine rings is 1. The molecule has 0 radical (unpaired) electrons. The number of nitriles is 2. The van der Waals surface area contributed by atoms with E-state index in [-0.39, 0.29) is 12.3 Å². The van der Waals surface area contributed by atoms with Gasteiger partial charge in [0.25, 0.3) is 0 Å². The Labute approximate surface area is 112 Å². The first kappa shape index (κ1) is 12.9. The third-order valence-electron chi connectivity index (χ3n) is 3.33. The van der Waals surface area contributed by atoms with Crippen LogP contribution in [0.4, 0.5) is 5.69 Å². The van der Waals surface area contributed by atoms with Crippen LogP contribution in [0.1, 0.15) is 12.0 Å². The lowest BCUT2D eigenvalue weighted by Crippen LogP contribution is -2.56. The molecule has 1 fully saturated rings. The maximum absolute atomic E-state index is 12.1. The zero-order valence-corrected chi connectivity index (χ0v) is 10.7. The molecule has 1 aliphatic heterocycles. The highest BCUT2D eigenvalue weighted by molar-refractivity contribution is 5.87. The molecule has 2 rings (SSSR count). The monoisotopic (exact) mass is 254 g/mol. The van der Waals surface area contributed by atoms with E-state index < -0.39 is 6.04 Å².